The summed E-state index contributed by atoms with van der Waals surface area (Å²) in [7, 11) is 0. The molecule has 0 spiro atoms. The van der Waals surface area contributed by atoms with Crippen molar-refractivity contribution in [3.8, 4) is 0 Å². The van der Waals surface area contributed by atoms with E-state index in [2.05, 4.69) is 22.2 Å². The molecule has 1 aromatic heterocycles. The lowest BCUT2D eigenvalue weighted by atomic mass is 9.86. The van der Waals surface area contributed by atoms with Gasteiger partial charge in [0.25, 0.3) is 0 Å². The predicted octanol–water partition coefficient (Wildman–Crippen LogP) is 1.05. The number of aromatic nitrogens is 2. The number of imidazole rings is 1. The molecule has 1 saturated carbocycles. The van der Waals surface area contributed by atoms with Crippen molar-refractivity contribution < 1.29 is 5.11 Å². The van der Waals surface area contributed by atoms with E-state index in [4.69, 9.17) is 0 Å². The van der Waals surface area contributed by atoms with Crippen LogP contribution >= 0.6 is 0 Å². The summed E-state index contributed by atoms with van der Waals surface area (Å²) < 4.78 is 0. The molecule has 4 heteroatoms. The molecule has 15 heavy (non-hydrogen) atoms. The summed E-state index contributed by atoms with van der Waals surface area (Å²) in [6.07, 6.45) is 7.00. The van der Waals surface area contributed by atoms with Gasteiger partial charge < -0.3 is 15.4 Å². The summed E-state index contributed by atoms with van der Waals surface area (Å²) in [6, 6.07) is 0.422. The van der Waals surface area contributed by atoms with Gasteiger partial charge in [-0.25, -0.2) is 4.98 Å². The molecule has 2 unspecified atom stereocenters. The Bertz CT molecular complexity index is 299. The number of aromatic amines is 1. The Kier molecular flexibility index (Phi) is 3.07. The minimum Gasteiger partial charge on any atom is -0.396 e. The van der Waals surface area contributed by atoms with Crippen molar-refractivity contribution in [1.29, 1.82) is 0 Å². The highest BCUT2D eigenvalue weighted by Gasteiger charge is 2.37. The number of H-pyrrole nitrogens is 1. The highest BCUT2D eigenvalue weighted by molar-refractivity contribution is 4.98. The number of aliphatic hydroxyl groups excluding tert-OH is 1. The topological polar surface area (TPSA) is 60.9 Å². The van der Waals surface area contributed by atoms with E-state index in [0.29, 0.717) is 6.04 Å². The van der Waals surface area contributed by atoms with Gasteiger partial charge in [-0.15, -0.1) is 0 Å². The van der Waals surface area contributed by atoms with Gasteiger partial charge >= 0.3 is 0 Å². The SMILES string of the molecule is CC1(CO)CCCC1NCc1cnc[nH]1. The molecule has 0 bridgehead atoms. The second-order valence-corrected chi connectivity index (χ2v) is 4.71. The van der Waals surface area contributed by atoms with Crippen LogP contribution in [0, 0.1) is 5.41 Å². The van der Waals surface area contributed by atoms with Gasteiger partial charge in [0, 0.05) is 36.5 Å². The molecule has 0 amide bonds. The van der Waals surface area contributed by atoms with Gasteiger partial charge in [-0.3, -0.25) is 0 Å². The second-order valence-electron chi connectivity index (χ2n) is 4.71. The molecular weight excluding hydrogens is 190 g/mol. The molecule has 84 valence electrons. The van der Waals surface area contributed by atoms with Crippen LogP contribution in [-0.4, -0.2) is 27.7 Å². The summed E-state index contributed by atoms with van der Waals surface area (Å²) in [5.74, 6) is 0. The van der Waals surface area contributed by atoms with E-state index in [1.807, 2.05) is 6.20 Å². The fourth-order valence-corrected chi connectivity index (χ4v) is 2.38. The van der Waals surface area contributed by atoms with Crippen molar-refractivity contribution in [2.24, 2.45) is 5.41 Å². The van der Waals surface area contributed by atoms with Crippen LogP contribution in [0.5, 0.6) is 0 Å². The third kappa shape index (κ3) is 2.21. The average Bonchev–Trinajstić information content (AvgIpc) is 2.85. The van der Waals surface area contributed by atoms with Gasteiger partial charge in [-0.1, -0.05) is 13.3 Å². The molecule has 0 aliphatic heterocycles. The molecule has 1 aliphatic rings. The largest absolute Gasteiger partial charge is 0.396 e. The maximum absolute atomic E-state index is 9.39. The van der Waals surface area contributed by atoms with Gasteiger partial charge in [-0.2, -0.15) is 0 Å². The minimum atomic E-state index is 0.0556. The standard InChI is InChI=1S/C11H19N3O/c1-11(7-15)4-2-3-10(11)13-6-9-5-12-8-14-9/h5,8,10,13,15H,2-4,6-7H2,1H3,(H,12,14). The third-order valence-corrected chi connectivity index (χ3v) is 3.54. The van der Waals surface area contributed by atoms with Crippen LogP contribution in [0.15, 0.2) is 12.5 Å². The zero-order valence-corrected chi connectivity index (χ0v) is 9.16. The molecule has 1 aliphatic carbocycles. The number of aliphatic hydroxyl groups is 1. The first-order valence-electron chi connectivity index (χ1n) is 5.56. The Morgan fingerprint density at radius 1 is 1.73 bits per heavy atom. The number of hydrogen-bond acceptors (Lipinski definition) is 3. The molecular formula is C11H19N3O. The molecule has 3 N–H and O–H groups in total. The van der Waals surface area contributed by atoms with Crippen LogP contribution in [-0.2, 0) is 6.54 Å². The number of nitrogens with zero attached hydrogens (tertiary/aromatic N) is 1. The maximum Gasteiger partial charge on any atom is 0.0922 e. The Labute approximate surface area is 90.1 Å². The molecule has 2 rings (SSSR count). The van der Waals surface area contributed by atoms with Gasteiger partial charge in [-0.05, 0) is 12.8 Å². The first kappa shape index (κ1) is 10.6. The summed E-state index contributed by atoms with van der Waals surface area (Å²) in [6.45, 7) is 3.23. The Morgan fingerprint density at radius 2 is 2.60 bits per heavy atom. The van der Waals surface area contributed by atoms with Crippen molar-refractivity contribution in [1.82, 2.24) is 15.3 Å². The Hall–Kier alpha value is -0.870. The highest BCUT2D eigenvalue weighted by atomic mass is 16.3. The summed E-state index contributed by atoms with van der Waals surface area (Å²) >= 11 is 0. The van der Waals surface area contributed by atoms with E-state index in [-0.39, 0.29) is 12.0 Å². The number of rotatable bonds is 4. The van der Waals surface area contributed by atoms with E-state index < -0.39 is 0 Å². The van der Waals surface area contributed by atoms with Crippen LogP contribution in [0.1, 0.15) is 31.9 Å². The fourth-order valence-electron chi connectivity index (χ4n) is 2.38. The second kappa shape index (κ2) is 4.33. The van der Waals surface area contributed by atoms with Crippen molar-refractivity contribution in [2.45, 2.75) is 38.8 Å². The lowest BCUT2D eigenvalue weighted by molar-refractivity contribution is 0.118. The molecule has 1 heterocycles. The van der Waals surface area contributed by atoms with Gasteiger partial charge in [0.1, 0.15) is 0 Å². The molecule has 1 aromatic rings. The normalized spacial score (nSPS) is 30.9. The molecule has 2 atom stereocenters. The number of nitrogens with one attached hydrogen (secondary N) is 2. The van der Waals surface area contributed by atoms with Crippen LogP contribution in [0.25, 0.3) is 0 Å². The zero-order chi connectivity index (χ0) is 10.7. The fraction of sp³-hybridized carbons (Fsp3) is 0.727. The first-order valence-corrected chi connectivity index (χ1v) is 5.56. The van der Waals surface area contributed by atoms with Crippen LogP contribution in [0.3, 0.4) is 0 Å². The van der Waals surface area contributed by atoms with Crippen molar-refractivity contribution in [3.63, 3.8) is 0 Å². The predicted molar refractivity (Wildman–Crippen MR) is 58.3 cm³/mol. The zero-order valence-electron chi connectivity index (χ0n) is 9.16. The summed E-state index contributed by atoms with van der Waals surface area (Å²) in [4.78, 5) is 7.05. The Morgan fingerprint density at radius 3 is 3.27 bits per heavy atom. The number of hydrogen-bond donors (Lipinski definition) is 3. The smallest absolute Gasteiger partial charge is 0.0922 e. The average molecular weight is 209 g/mol. The third-order valence-electron chi connectivity index (χ3n) is 3.54. The van der Waals surface area contributed by atoms with Crippen molar-refractivity contribution in [3.05, 3.63) is 18.2 Å². The van der Waals surface area contributed by atoms with E-state index in [9.17, 15) is 5.11 Å². The maximum atomic E-state index is 9.39. The molecule has 1 fully saturated rings. The lowest BCUT2D eigenvalue weighted by Gasteiger charge is -2.30. The van der Waals surface area contributed by atoms with E-state index in [0.717, 1.165) is 25.1 Å². The quantitative estimate of drug-likeness (QED) is 0.694. The molecule has 0 aromatic carbocycles. The lowest BCUT2D eigenvalue weighted by Crippen LogP contribution is -2.41. The van der Waals surface area contributed by atoms with Gasteiger partial charge in [0.2, 0.25) is 0 Å². The molecule has 0 radical (unpaired) electrons. The Balaban J connectivity index is 1.89. The van der Waals surface area contributed by atoms with Crippen molar-refractivity contribution >= 4 is 0 Å². The van der Waals surface area contributed by atoms with Crippen LogP contribution in [0.4, 0.5) is 0 Å². The van der Waals surface area contributed by atoms with E-state index in [1.165, 1.54) is 6.42 Å². The minimum absolute atomic E-state index is 0.0556. The van der Waals surface area contributed by atoms with Crippen LogP contribution in [0.2, 0.25) is 0 Å². The summed E-state index contributed by atoms with van der Waals surface area (Å²) in [5, 5.41) is 12.9. The van der Waals surface area contributed by atoms with Crippen LogP contribution < -0.4 is 5.32 Å². The van der Waals surface area contributed by atoms with E-state index in [1.54, 1.807) is 6.33 Å². The van der Waals surface area contributed by atoms with Crippen molar-refractivity contribution in [2.75, 3.05) is 6.61 Å². The van der Waals surface area contributed by atoms with Gasteiger partial charge in [0.05, 0.1) is 6.33 Å². The first-order chi connectivity index (χ1) is 7.24. The summed E-state index contributed by atoms with van der Waals surface area (Å²) in [5.41, 5.74) is 1.15. The monoisotopic (exact) mass is 209 g/mol. The highest BCUT2D eigenvalue weighted by Crippen LogP contribution is 2.37. The van der Waals surface area contributed by atoms with E-state index >= 15 is 0 Å². The van der Waals surface area contributed by atoms with Gasteiger partial charge in [0.15, 0.2) is 0 Å². The molecule has 4 nitrogen and oxygen atoms in total. The molecule has 0 saturated heterocycles.